The molecular weight excluding hydrogens is 242 g/mol. The highest BCUT2D eigenvalue weighted by Crippen LogP contribution is 2.26. The van der Waals surface area contributed by atoms with Gasteiger partial charge >= 0.3 is 0 Å². The number of allylic oxidation sites excluding steroid dienone is 1. The number of rotatable bonds is 7. The zero-order valence-electron chi connectivity index (χ0n) is 11.5. The first kappa shape index (κ1) is 13.7. The summed E-state index contributed by atoms with van der Waals surface area (Å²) in [6, 6.07) is 7.68. The van der Waals surface area contributed by atoms with Crippen LogP contribution < -0.4 is 15.0 Å². The highest BCUT2D eigenvalue weighted by Gasteiger charge is 2.18. The summed E-state index contributed by atoms with van der Waals surface area (Å²) in [6.07, 6.45) is 5.65. The van der Waals surface area contributed by atoms with Crippen molar-refractivity contribution < 1.29 is 14.3 Å². The summed E-state index contributed by atoms with van der Waals surface area (Å²) in [4.78, 5) is 5.05. The molecule has 0 amide bonds. The zero-order valence-corrected chi connectivity index (χ0v) is 11.5. The van der Waals surface area contributed by atoms with Gasteiger partial charge in [0.1, 0.15) is 17.8 Å². The topological polar surface area (TPSA) is 39.7 Å². The maximum absolute atomic E-state index is 5.78. The van der Waals surface area contributed by atoms with Gasteiger partial charge in [0.05, 0.1) is 18.4 Å². The van der Waals surface area contributed by atoms with Crippen LogP contribution in [0.4, 0.5) is 0 Å². The number of hydrogen-bond donors (Lipinski definition) is 1. The van der Waals surface area contributed by atoms with Crippen LogP contribution in [0.3, 0.4) is 0 Å². The van der Waals surface area contributed by atoms with Crippen LogP contribution in [0.1, 0.15) is 33.1 Å². The Labute approximate surface area is 114 Å². The van der Waals surface area contributed by atoms with E-state index in [4.69, 9.17) is 14.3 Å². The van der Waals surface area contributed by atoms with E-state index >= 15 is 0 Å². The predicted octanol–water partition coefficient (Wildman–Crippen LogP) is 3.40. The third-order valence-corrected chi connectivity index (χ3v) is 2.93. The van der Waals surface area contributed by atoms with Gasteiger partial charge in [0, 0.05) is 0 Å². The fourth-order valence-electron chi connectivity index (χ4n) is 1.64. The molecule has 4 heteroatoms. The summed E-state index contributed by atoms with van der Waals surface area (Å²) in [7, 11) is 0. The van der Waals surface area contributed by atoms with Crippen molar-refractivity contribution in [3.05, 3.63) is 36.2 Å². The molecule has 0 saturated heterocycles. The molecule has 1 fully saturated rings. The molecule has 1 N–H and O–H groups in total. The number of nitrogens with one attached hydrogen (secondary N) is 1. The molecule has 1 aliphatic rings. The molecule has 19 heavy (non-hydrogen) atoms. The van der Waals surface area contributed by atoms with Gasteiger partial charge in [-0.2, -0.15) is 0 Å². The monoisotopic (exact) mass is 263 g/mol. The Bertz CT molecular complexity index is 410. The molecule has 4 nitrogen and oxygen atoms in total. The molecule has 1 aliphatic carbocycles. The van der Waals surface area contributed by atoms with Gasteiger partial charge < -0.3 is 9.47 Å². The van der Waals surface area contributed by atoms with Crippen molar-refractivity contribution >= 4 is 0 Å². The third-order valence-electron chi connectivity index (χ3n) is 2.93. The Morgan fingerprint density at radius 1 is 1.26 bits per heavy atom. The van der Waals surface area contributed by atoms with E-state index in [1.807, 2.05) is 38.1 Å². The van der Waals surface area contributed by atoms with Crippen LogP contribution in [0.5, 0.6) is 11.5 Å². The number of ether oxygens (including phenoxy) is 2. The van der Waals surface area contributed by atoms with Crippen LogP contribution in [0.2, 0.25) is 0 Å². The van der Waals surface area contributed by atoms with Crippen molar-refractivity contribution in [1.82, 2.24) is 5.48 Å². The van der Waals surface area contributed by atoms with Gasteiger partial charge in [-0.1, -0.05) is 0 Å². The van der Waals surface area contributed by atoms with Crippen LogP contribution in [-0.2, 0) is 4.84 Å². The molecule has 1 aromatic rings. The second-order valence-corrected chi connectivity index (χ2v) is 4.60. The van der Waals surface area contributed by atoms with Gasteiger partial charge in [0.2, 0.25) is 0 Å². The Morgan fingerprint density at radius 3 is 2.53 bits per heavy atom. The Morgan fingerprint density at radius 2 is 1.95 bits per heavy atom. The van der Waals surface area contributed by atoms with Crippen molar-refractivity contribution in [3.63, 3.8) is 0 Å². The van der Waals surface area contributed by atoms with E-state index in [1.165, 1.54) is 19.3 Å². The molecule has 0 aliphatic heterocycles. The number of benzene rings is 1. The van der Waals surface area contributed by atoms with Gasteiger partial charge in [-0.25, -0.2) is 0 Å². The molecule has 1 aromatic carbocycles. The predicted molar refractivity (Wildman–Crippen MR) is 73.9 cm³/mol. The smallest absolute Gasteiger partial charge is 0.126 e. The first-order valence-corrected chi connectivity index (χ1v) is 6.76. The minimum absolute atomic E-state index is 0.407. The summed E-state index contributed by atoms with van der Waals surface area (Å²) < 4.78 is 11.3. The maximum atomic E-state index is 5.78. The average molecular weight is 263 g/mol. The first-order chi connectivity index (χ1) is 9.28. The summed E-state index contributed by atoms with van der Waals surface area (Å²) in [5.41, 5.74) is 3.58. The SMILES string of the molecule is CCONC(C)=COc1ccc(OC2CCC2)cc1. The molecular formula is C15H21NO3. The minimum Gasteiger partial charge on any atom is -0.490 e. The van der Waals surface area contributed by atoms with E-state index in [9.17, 15) is 0 Å². The van der Waals surface area contributed by atoms with Gasteiger partial charge in [-0.05, 0) is 57.4 Å². The standard InChI is InChI=1S/C15H21NO3/c1-3-18-16-12(2)11-17-13-7-9-15(10-8-13)19-14-5-4-6-14/h7-11,14,16H,3-6H2,1-2H3. The van der Waals surface area contributed by atoms with Crippen molar-refractivity contribution in [2.45, 2.75) is 39.2 Å². The molecule has 1 saturated carbocycles. The lowest BCUT2D eigenvalue weighted by molar-refractivity contribution is 0.0720. The van der Waals surface area contributed by atoms with Gasteiger partial charge in [0.25, 0.3) is 0 Å². The summed E-state index contributed by atoms with van der Waals surface area (Å²) in [6.45, 7) is 4.41. The largest absolute Gasteiger partial charge is 0.490 e. The average Bonchev–Trinajstić information content (AvgIpc) is 2.39. The molecule has 0 bridgehead atoms. The van der Waals surface area contributed by atoms with Crippen molar-refractivity contribution in [3.8, 4) is 11.5 Å². The quantitative estimate of drug-likeness (QED) is 0.604. The fourth-order valence-corrected chi connectivity index (χ4v) is 1.64. The van der Waals surface area contributed by atoms with E-state index in [-0.39, 0.29) is 0 Å². The Kier molecular flexibility index (Phi) is 5.10. The lowest BCUT2D eigenvalue weighted by atomic mass is 9.96. The lowest BCUT2D eigenvalue weighted by Crippen LogP contribution is -2.24. The van der Waals surface area contributed by atoms with E-state index in [2.05, 4.69) is 5.48 Å². The van der Waals surface area contributed by atoms with Crippen LogP contribution in [0, 0.1) is 0 Å². The van der Waals surface area contributed by atoms with Crippen molar-refractivity contribution in [2.24, 2.45) is 0 Å². The van der Waals surface area contributed by atoms with Crippen molar-refractivity contribution in [1.29, 1.82) is 0 Å². The highest BCUT2D eigenvalue weighted by atomic mass is 16.6. The van der Waals surface area contributed by atoms with E-state index in [0.717, 1.165) is 17.2 Å². The van der Waals surface area contributed by atoms with Crippen LogP contribution in [-0.4, -0.2) is 12.7 Å². The maximum Gasteiger partial charge on any atom is 0.126 e. The summed E-state index contributed by atoms with van der Waals surface area (Å²) in [5.74, 6) is 1.68. The van der Waals surface area contributed by atoms with Crippen LogP contribution >= 0.6 is 0 Å². The molecule has 0 spiro atoms. The van der Waals surface area contributed by atoms with E-state index in [1.54, 1.807) is 6.26 Å². The normalized spacial score (nSPS) is 15.8. The van der Waals surface area contributed by atoms with Crippen molar-refractivity contribution in [2.75, 3.05) is 6.61 Å². The number of hydroxylamine groups is 1. The molecule has 2 rings (SSSR count). The fraction of sp³-hybridized carbons (Fsp3) is 0.467. The second-order valence-electron chi connectivity index (χ2n) is 4.60. The Hall–Kier alpha value is -1.68. The summed E-state index contributed by atoms with van der Waals surface area (Å²) in [5, 5.41) is 0. The Balaban J connectivity index is 1.80. The van der Waals surface area contributed by atoms with E-state index < -0.39 is 0 Å². The van der Waals surface area contributed by atoms with Crippen LogP contribution in [0.25, 0.3) is 0 Å². The van der Waals surface area contributed by atoms with E-state index in [0.29, 0.717) is 12.7 Å². The molecule has 104 valence electrons. The third kappa shape index (κ3) is 4.48. The zero-order chi connectivity index (χ0) is 13.5. The summed E-state index contributed by atoms with van der Waals surface area (Å²) >= 11 is 0. The van der Waals surface area contributed by atoms with Crippen LogP contribution in [0.15, 0.2) is 36.2 Å². The molecule has 0 heterocycles. The van der Waals surface area contributed by atoms with Gasteiger partial charge in [-0.3, -0.25) is 10.3 Å². The first-order valence-electron chi connectivity index (χ1n) is 6.76. The molecule has 0 atom stereocenters. The second kappa shape index (κ2) is 7.04. The highest BCUT2D eigenvalue weighted by molar-refractivity contribution is 5.32. The van der Waals surface area contributed by atoms with Gasteiger partial charge in [0.15, 0.2) is 0 Å². The molecule has 0 radical (unpaired) electrons. The van der Waals surface area contributed by atoms with Gasteiger partial charge in [-0.15, -0.1) is 0 Å². The lowest BCUT2D eigenvalue weighted by Gasteiger charge is -2.26. The number of hydrogen-bond acceptors (Lipinski definition) is 4. The molecule has 0 aromatic heterocycles. The molecule has 0 unspecified atom stereocenters. The minimum atomic E-state index is 0.407.